The molecule has 3 nitrogen and oxygen atoms in total. The Kier molecular flexibility index (Phi) is 4.78. The van der Waals surface area contributed by atoms with Crippen LogP contribution in [0.3, 0.4) is 0 Å². The van der Waals surface area contributed by atoms with Gasteiger partial charge in [0.1, 0.15) is 10.8 Å². The first-order valence-corrected chi connectivity index (χ1v) is 7.76. The van der Waals surface area contributed by atoms with Crippen LogP contribution in [0.4, 0.5) is 0 Å². The second-order valence-corrected chi connectivity index (χ2v) is 6.00. The molecule has 1 aromatic heterocycles. The maximum Gasteiger partial charge on any atom is 0.123 e. The third-order valence-corrected chi connectivity index (χ3v) is 4.88. The molecule has 0 bridgehead atoms. The third-order valence-electron chi connectivity index (χ3n) is 3.66. The van der Waals surface area contributed by atoms with Crippen molar-refractivity contribution in [1.82, 2.24) is 10.3 Å². The van der Waals surface area contributed by atoms with Crippen LogP contribution in [0, 0.1) is 6.92 Å². The average molecular weight is 290 g/mol. The van der Waals surface area contributed by atoms with Crippen molar-refractivity contribution in [2.24, 2.45) is 0 Å². The van der Waals surface area contributed by atoms with Crippen molar-refractivity contribution in [3.63, 3.8) is 0 Å². The maximum atomic E-state index is 5.40. The van der Waals surface area contributed by atoms with E-state index in [9.17, 15) is 0 Å². The molecule has 0 aliphatic rings. The Morgan fingerprint density at radius 3 is 2.70 bits per heavy atom. The first-order chi connectivity index (χ1) is 9.59. The summed E-state index contributed by atoms with van der Waals surface area (Å²) in [5, 5.41) is 6.89. The zero-order valence-corrected chi connectivity index (χ0v) is 13.4. The molecular formula is C16H22N2OS. The monoisotopic (exact) mass is 290 g/mol. The summed E-state index contributed by atoms with van der Waals surface area (Å²) >= 11 is 1.72. The number of hydrogen-bond donors (Lipinski definition) is 1. The number of nitrogens with zero attached hydrogens (tertiary/aromatic N) is 1. The number of ether oxygens (including phenoxy) is 1. The molecule has 1 N–H and O–H groups in total. The van der Waals surface area contributed by atoms with Gasteiger partial charge in [-0.15, -0.1) is 11.3 Å². The fraction of sp³-hybridized carbons (Fsp3) is 0.438. The molecule has 0 saturated carbocycles. The van der Waals surface area contributed by atoms with Gasteiger partial charge in [0.05, 0.1) is 12.6 Å². The molecule has 0 spiro atoms. The summed E-state index contributed by atoms with van der Waals surface area (Å²) in [6.45, 7) is 7.20. The van der Waals surface area contributed by atoms with Gasteiger partial charge in [-0.1, -0.05) is 25.1 Å². The van der Waals surface area contributed by atoms with Gasteiger partial charge in [0.2, 0.25) is 0 Å². The third kappa shape index (κ3) is 3.19. The molecule has 0 aliphatic heterocycles. The molecule has 2 aromatic rings. The highest BCUT2D eigenvalue weighted by molar-refractivity contribution is 7.09. The molecule has 0 aliphatic carbocycles. The van der Waals surface area contributed by atoms with Gasteiger partial charge in [-0.05, 0) is 26.3 Å². The van der Waals surface area contributed by atoms with Crippen molar-refractivity contribution < 1.29 is 4.74 Å². The molecule has 0 saturated heterocycles. The smallest absolute Gasteiger partial charge is 0.123 e. The van der Waals surface area contributed by atoms with Crippen LogP contribution in [0.5, 0.6) is 5.75 Å². The topological polar surface area (TPSA) is 34.1 Å². The van der Waals surface area contributed by atoms with Crippen LogP contribution in [0.1, 0.15) is 36.5 Å². The second-order valence-electron chi connectivity index (χ2n) is 5.15. The predicted molar refractivity (Wildman–Crippen MR) is 84.3 cm³/mol. The first kappa shape index (κ1) is 15.0. The lowest BCUT2D eigenvalue weighted by Gasteiger charge is -2.28. The number of aryl methyl sites for hydroxylation is 1. The van der Waals surface area contributed by atoms with Crippen molar-refractivity contribution in [2.75, 3.05) is 7.11 Å². The van der Waals surface area contributed by atoms with Gasteiger partial charge in [0.25, 0.3) is 0 Å². The van der Waals surface area contributed by atoms with E-state index in [1.807, 2.05) is 25.1 Å². The van der Waals surface area contributed by atoms with Crippen LogP contribution in [-0.4, -0.2) is 12.1 Å². The lowest BCUT2D eigenvalue weighted by atomic mass is 9.99. The Morgan fingerprint density at radius 1 is 1.35 bits per heavy atom. The SMILES string of the molecule is CCC(C)(NCc1ccccc1OC)c1nc(C)cs1. The van der Waals surface area contributed by atoms with Crippen molar-refractivity contribution in [3.8, 4) is 5.75 Å². The maximum absolute atomic E-state index is 5.40. The van der Waals surface area contributed by atoms with Crippen LogP contribution in [-0.2, 0) is 12.1 Å². The van der Waals surface area contributed by atoms with Crippen LogP contribution >= 0.6 is 11.3 Å². The second kappa shape index (κ2) is 6.37. The van der Waals surface area contributed by atoms with E-state index in [4.69, 9.17) is 4.74 Å². The molecule has 0 radical (unpaired) electrons. The Hall–Kier alpha value is -1.39. The van der Waals surface area contributed by atoms with Crippen molar-refractivity contribution in [1.29, 1.82) is 0 Å². The van der Waals surface area contributed by atoms with Crippen molar-refractivity contribution in [3.05, 3.63) is 45.9 Å². The van der Waals surface area contributed by atoms with Crippen LogP contribution < -0.4 is 10.1 Å². The molecule has 1 heterocycles. The molecule has 4 heteroatoms. The minimum absolute atomic E-state index is 0.0974. The molecule has 0 fully saturated rings. The fourth-order valence-corrected chi connectivity index (χ4v) is 3.11. The van der Waals surface area contributed by atoms with E-state index >= 15 is 0 Å². The number of aromatic nitrogens is 1. The number of rotatable bonds is 6. The highest BCUT2D eigenvalue weighted by atomic mass is 32.1. The van der Waals surface area contributed by atoms with E-state index < -0.39 is 0 Å². The molecule has 1 aromatic carbocycles. The van der Waals surface area contributed by atoms with Crippen LogP contribution in [0.15, 0.2) is 29.6 Å². The minimum Gasteiger partial charge on any atom is -0.496 e. The Bertz CT molecular complexity index is 567. The lowest BCUT2D eigenvalue weighted by Crippen LogP contribution is -2.38. The van der Waals surface area contributed by atoms with Gasteiger partial charge in [-0.3, -0.25) is 0 Å². The zero-order valence-electron chi connectivity index (χ0n) is 12.6. The number of para-hydroxylation sites is 1. The summed E-state index contributed by atoms with van der Waals surface area (Å²) in [5.41, 5.74) is 2.16. The molecule has 108 valence electrons. The molecule has 2 rings (SSSR count). The van der Waals surface area contributed by atoms with Gasteiger partial charge >= 0.3 is 0 Å². The summed E-state index contributed by atoms with van der Waals surface area (Å²) in [6.07, 6.45) is 0.995. The standard InChI is InChI=1S/C16H22N2OS/c1-5-16(3,15-18-12(2)11-20-15)17-10-13-8-6-7-9-14(13)19-4/h6-9,11,17H,5,10H2,1-4H3. The van der Waals surface area contributed by atoms with Crippen molar-refractivity contribution in [2.45, 2.75) is 39.3 Å². The number of hydrogen-bond acceptors (Lipinski definition) is 4. The highest BCUT2D eigenvalue weighted by Crippen LogP contribution is 2.28. The number of methoxy groups -OCH3 is 1. The van der Waals surface area contributed by atoms with E-state index in [1.54, 1.807) is 18.4 Å². The Balaban J connectivity index is 2.15. The molecule has 1 unspecified atom stereocenters. The largest absolute Gasteiger partial charge is 0.496 e. The minimum atomic E-state index is -0.0974. The van der Waals surface area contributed by atoms with E-state index in [2.05, 4.69) is 35.6 Å². The summed E-state index contributed by atoms with van der Waals surface area (Å²) in [6, 6.07) is 8.12. The molecule has 20 heavy (non-hydrogen) atoms. The van der Waals surface area contributed by atoms with Crippen LogP contribution in [0.25, 0.3) is 0 Å². The quantitative estimate of drug-likeness (QED) is 0.877. The Morgan fingerprint density at radius 2 is 2.10 bits per heavy atom. The van der Waals surface area contributed by atoms with E-state index in [1.165, 1.54) is 5.56 Å². The van der Waals surface area contributed by atoms with Gasteiger partial charge in [-0.2, -0.15) is 0 Å². The predicted octanol–water partition coefficient (Wildman–Crippen LogP) is 3.88. The summed E-state index contributed by atoms with van der Waals surface area (Å²) < 4.78 is 5.40. The van der Waals surface area contributed by atoms with E-state index in [0.29, 0.717) is 0 Å². The Labute approximate surface area is 125 Å². The van der Waals surface area contributed by atoms with E-state index in [-0.39, 0.29) is 5.54 Å². The molecular weight excluding hydrogens is 268 g/mol. The summed E-state index contributed by atoms with van der Waals surface area (Å²) in [4.78, 5) is 4.63. The highest BCUT2D eigenvalue weighted by Gasteiger charge is 2.27. The summed E-state index contributed by atoms with van der Waals surface area (Å²) in [5.74, 6) is 0.925. The number of nitrogens with one attached hydrogen (secondary N) is 1. The van der Waals surface area contributed by atoms with Crippen LogP contribution in [0.2, 0.25) is 0 Å². The van der Waals surface area contributed by atoms with Gasteiger partial charge in [0.15, 0.2) is 0 Å². The first-order valence-electron chi connectivity index (χ1n) is 6.88. The normalized spacial score (nSPS) is 14.0. The van der Waals surface area contributed by atoms with Gasteiger partial charge in [0, 0.05) is 23.2 Å². The number of benzene rings is 1. The van der Waals surface area contributed by atoms with E-state index in [0.717, 1.165) is 29.4 Å². The molecule has 0 amide bonds. The van der Waals surface area contributed by atoms with Crippen molar-refractivity contribution >= 4 is 11.3 Å². The van der Waals surface area contributed by atoms with Gasteiger partial charge in [-0.25, -0.2) is 4.98 Å². The average Bonchev–Trinajstić information content (AvgIpc) is 2.92. The number of thiazole rings is 1. The summed E-state index contributed by atoms with van der Waals surface area (Å²) in [7, 11) is 1.71. The zero-order chi connectivity index (χ0) is 14.6. The fourth-order valence-electron chi connectivity index (χ4n) is 2.10. The molecule has 1 atom stereocenters. The lowest BCUT2D eigenvalue weighted by molar-refractivity contribution is 0.343. The van der Waals surface area contributed by atoms with Gasteiger partial charge < -0.3 is 10.1 Å².